The van der Waals surface area contributed by atoms with Crippen LogP contribution in [0.2, 0.25) is 0 Å². The standard InChI is InChI=1S/C16H21N3O3/c1-9(2)14(17)16(22)18-12-5-3-10(4-6-12)7-11-8-13(20)19-15(11)21/h3-6,9,11,14H,7-8,17H2,1-2H3,(H,18,22)(H,19,20,21)/t11?,14-/m0/s1. The lowest BCUT2D eigenvalue weighted by atomic mass is 9.98. The number of rotatable bonds is 5. The summed E-state index contributed by atoms with van der Waals surface area (Å²) in [4.78, 5) is 34.6. The summed E-state index contributed by atoms with van der Waals surface area (Å²) in [7, 11) is 0. The van der Waals surface area contributed by atoms with Gasteiger partial charge in [0.05, 0.1) is 12.0 Å². The Balaban J connectivity index is 1.94. The molecule has 0 saturated carbocycles. The Kier molecular flexibility index (Phi) is 4.92. The molecule has 6 heteroatoms. The first-order valence-electron chi connectivity index (χ1n) is 7.36. The normalized spacial score (nSPS) is 19.2. The summed E-state index contributed by atoms with van der Waals surface area (Å²) in [5, 5.41) is 5.06. The minimum absolute atomic E-state index is 0.0673. The first-order valence-corrected chi connectivity index (χ1v) is 7.36. The average Bonchev–Trinajstić information content (AvgIpc) is 2.78. The van der Waals surface area contributed by atoms with E-state index < -0.39 is 6.04 Å². The van der Waals surface area contributed by atoms with E-state index in [1.165, 1.54) is 0 Å². The van der Waals surface area contributed by atoms with Crippen LogP contribution < -0.4 is 16.4 Å². The fourth-order valence-electron chi connectivity index (χ4n) is 2.31. The van der Waals surface area contributed by atoms with Gasteiger partial charge in [0.15, 0.2) is 0 Å². The van der Waals surface area contributed by atoms with E-state index in [0.29, 0.717) is 12.1 Å². The van der Waals surface area contributed by atoms with Crippen LogP contribution in [0.1, 0.15) is 25.8 Å². The van der Waals surface area contributed by atoms with Crippen molar-refractivity contribution in [1.29, 1.82) is 0 Å². The number of imide groups is 1. The van der Waals surface area contributed by atoms with Crippen LogP contribution in [0.5, 0.6) is 0 Å². The number of nitrogens with two attached hydrogens (primary N) is 1. The van der Waals surface area contributed by atoms with E-state index in [-0.39, 0.29) is 36.0 Å². The van der Waals surface area contributed by atoms with Crippen molar-refractivity contribution in [2.24, 2.45) is 17.6 Å². The van der Waals surface area contributed by atoms with Crippen molar-refractivity contribution in [3.8, 4) is 0 Å². The zero-order valence-electron chi connectivity index (χ0n) is 12.8. The van der Waals surface area contributed by atoms with E-state index in [2.05, 4.69) is 10.6 Å². The highest BCUT2D eigenvalue weighted by Crippen LogP contribution is 2.19. The number of carbonyl (C=O) groups is 3. The molecule has 0 aromatic heterocycles. The van der Waals surface area contributed by atoms with Crippen molar-refractivity contribution in [3.05, 3.63) is 29.8 Å². The molecule has 1 fully saturated rings. The van der Waals surface area contributed by atoms with Gasteiger partial charge in [-0.1, -0.05) is 26.0 Å². The van der Waals surface area contributed by atoms with E-state index in [1.807, 2.05) is 26.0 Å². The van der Waals surface area contributed by atoms with Crippen molar-refractivity contribution in [2.75, 3.05) is 5.32 Å². The minimum Gasteiger partial charge on any atom is -0.325 e. The molecule has 22 heavy (non-hydrogen) atoms. The van der Waals surface area contributed by atoms with Crippen LogP contribution in [-0.4, -0.2) is 23.8 Å². The predicted octanol–water partition coefficient (Wildman–Crippen LogP) is 0.814. The molecule has 118 valence electrons. The highest BCUT2D eigenvalue weighted by molar-refractivity contribution is 6.03. The maximum absolute atomic E-state index is 11.9. The molecule has 1 unspecified atom stereocenters. The monoisotopic (exact) mass is 303 g/mol. The SMILES string of the molecule is CC(C)[C@H](N)C(=O)Nc1ccc(CC2CC(=O)NC2=O)cc1. The fraction of sp³-hybridized carbons (Fsp3) is 0.438. The molecule has 6 nitrogen and oxygen atoms in total. The van der Waals surface area contributed by atoms with Crippen LogP contribution in [0, 0.1) is 11.8 Å². The van der Waals surface area contributed by atoms with Crippen LogP contribution in [-0.2, 0) is 20.8 Å². The summed E-state index contributed by atoms with van der Waals surface area (Å²) in [6.45, 7) is 3.78. The molecular weight excluding hydrogens is 282 g/mol. The third kappa shape index (κ3) is 3.92. The topological polar surface area (TPSA) is 101 Å². The number of amides is 3. The van der Waals surface area contributed by atoms with Crippen molar-refractivity contribution >= 4 is 23.4 Å². The molecule has 1 aliphatic rings. The zero-order valence-corrected chi connectivity index (χ0v) is 12.8. The van der Waals surface area contributed by atoms with Gasteiger partial charge in [-0.05, 0) is 30.0 Å². The Bertz CT molecular complexity index is 581. The molecule has 1 heterocycles. The largest absolute Gasteiger partial charge is 0.325 e. The molecule has 0 radical (unpaired) electrons. The van der Waals surface area contributed by atoms with Gasteiger partial charge in [0.2, 0.25) is 17.7 Å². The van der Waals surface area contributed by atoms with E-state index >= 15 is 0 Å². The third-order valence-corrected chi connectivity index (χ3v) is 3.79. The van der Waals surface area contributed by atoms with Gasteiger partial charge in [0.25, 0.3) is 0 Å². The number of nitrogens with one attached hydrogen (secondary N) is 2. The first kappa shape index (κ1) is 16.2. The average molecular weight is 303 g/mol. The lowest BCUT2D eigenvalue weighted by Crippen LogP contribution is -2.39. The van der Waals surface area contributed by atoms with E-state index in [1.54, 1.807) is 12.1 Å². The highest BCUT2D eigenvalue weighted by atomic mass is 16.2. The molecule has 4 N–H and O–H groups in total. The Morgan fingerprint density at radius 3 is 2.45 bits per heavy atom. The molecule has 2 rings (SSSR count). The number of hydrogen-bond donors (Lipinski definition) is 3. The van der Waals surface area contributed by atoms with Gasteiger partial charge in [-0.15, -0.1) is 0 Å². The molecule has 1 saturated heterocycles. The van der Waals surface area contributed by atoms with Crippen LogP contribution >= 0.6 is 0 Å². The second-order valence-electron chi connectivity index (χ2n) is 5.97. The molecule has 1 aliphatic heterocycles. The summed E-state index contributed by atoms with van der Waals surface area (Å²) >= 11 is 0. The molecule has 0 spiro atoms. The van der Waals surface area contributed by atoms with E-state index in [9.17, 15) is 14.4 Å². The minimum atomic E-state index is -0.548. The maximum atomic E-state index is 11.9. The summed E-state index contributed by atoms with van der Waals surface area (Å²) < 4.78 is 0. The zero-order chi connectivity index (χ0) is 16.3. The molecule has 2 atom stereocenters. The number of anilines is 1. The summed E-state index contributed by atoms with van der Waals surface area (Å²) in [5.41, 5.74) is 7.40. The van der Waals surface area contributed by atoms with Crippen molar-refractivity contribution in [1.82, 2.24) is 5.32 Å². The summed E-state index contributed by atoms with van der Waals surface area (Å²) in [6.07, 6.45) is 0.748. The lowest BCUT2D eigenvalue weighted by Gasteiger charge is -2.15. The Morgan fingerprint density at radius 2 is 1.95 bits per heavy atom. The third-order valence-electron chi connectivity index (χ3n) is 3.79. The van der Waals surface area contributed by atoms with Gasteiger partial charge >= 0.3 is 0 Å². The second kappa shape index (κ2) is 6.70. The van der Waals surface area contributed by atoms with E-state index in [0.717, 1.165) is 5.56 Å². The van der Waals surface area contributed by atoms with Crippen molar-refractivity contribution < 1.29 is 14.4 Å². The Morgan fingerprint density at radius 1 is 1.32 bits per heavy atom. The van der Waals surface area contributed by atoms with Crippen LogP contribution in [0.15, 0.2) is 24.3 Å². The van der Waals surface area contributed by atoms with Crippen LogP contribution in [0.4, 0.5) is 5.69 Å². The quantitative estimate of drug-likeness (QED) is 0.701. The first-order chi connectivity index (χ1) is 10.4. The fourth-order valence-corrected chi connectivity index (χ4v) is 2.31. The van der Waals surface area contributed by atoms with Crippen molar-refractivity contribution in [2.45, 2.75) is 32.7 Å². The summed E-state index contributed by atoms with van der Waals surface area (Å²) in [6, 6.07) is 6.68. The Hall–Kier alpha value is -2.21. The number of carbonyl (C=O) groups excluding carboxylic acids is 3. The molecule has 3 amide bonds. The molecule has 0 bridgehead atoms. The molecule has 1 aromatic rings. The second-order valence-corrected chi connectivity index (χ2v) is 5.97. The smallest absolute Gasteiger partial charge is 0.241 e. The van der Waals surface area contributed by atoms with Gasteiger partial charge < -0.3 is 11.1 Å². The van der Waals surface area contributed by atoms with Gasteiger partial charge in [0, 0.05) is 12.1 Å². The van der Waals surface area contributed by atoms with Gasteiger partial charge in [-0.3, -0.25) is 19.7 Å². The Labute approximate surface area is 129 Å². The van der Waals surface area contributed by atoms with Crippen molar-refractivity contribution in [3.63, 3.8) is 0 Å². The van der Waals surface area contributed by atoms with E-state index in [4.69, 9.17) is 5.73 Å². The maximum Gasteiger partial charge on any atom is 0.241 e. The van der Waals surface area contributed by atoms with Crippen LogP contribution in [0.3, 0.4) is 0 Å². The molecule has 1 aromatic carbocycles. The number of benzene rings is 1. The van der Waals surface area contributed by atoms with Gasteiger partial charge in [0.1, 0.15) is 0 Å². The molecule has 0 aliphatic carbocycles. The molecular formula is C16H21N3O3. The summed E-state index contributed by atoms with van der Waals surface area (Å²) in [5.74, 6) is -0.893. The predicted molar refractivity (Wildman–Crippen MR) is 82.8 cm³/mol. The van der Waals surface area contributed by atoms with Gasteiger partial charge in [-0.25, -0.2) is 0 Å². The van der Waals surface area contributed by atoms with Gasteiger partial charge in [-0.2, -0.15) is 0 Å². The highest BCUT2D eigenvalue weighted by Gasteiger charge is 2.30. The lowest BCUT2D eigenvalue weighted by molar-refractivity contribution is -0.125. The van der Waals surface area contributed by atoms with Crippen LogP contribution in [0.25, 0.3) is 0 Å². The number of hydrogen-bond acceptors (Lipinski definition) is 4.